The van der Waals surface area contributed by atoms with Crippen LogP contribution in [-0.2, 0) is 16.9 Å². The van der Waals surface area contributed by atoms with Crippen molar-refractivity contribution in [1.29, 1.82) is 0 Å². The summed E-state index contributed by atoms with van der Waals surface area (Å²) >= 11 is 3.43. The van der Waals surface area contributed by atoms with Crippen molar-refractivity contribution in [3.05, 3.63) is 98.0 Å². The molecule has 3 aromatic rings. The second kappa shape index (κ2) is 9.55. The standard InChI is InChI=1S/C27H26BrN3O5/c1-3-35-23-14-18(10-13-22(23)36-15-17-8-11-19(28)12-9-17)24-16(2)30-27(25(24)31(33)34)20-6-4-5-7-21(20)29-26(27)32/h4-14,16,24-25,30H,3,15H2,1-2H3,(H,29,32)/t16-,24-,25-,27+/m0/s1. The minimum absolute atomic E-state index is 0.332. The van der Waals surface area contributed by atoms with Gasteiger partial charge in [-0.1, -0.05) is 52.3 Å². The summed E-state index contributed by atoms with van der Waals surface area (Å²) in [5.74, 6) is 0.0907. The number of carbonyl (C=O) groups is 1. The summed E-state index contributed by atoms with van der Waals surface area (Å²) in [5.41, 5.74) is 1.46. The maximum atomic E-state index is 13.2. The number of halogens is 1. The molecule has 2 N–H and O–H groups in total. The quantitative estimate of drug-likeness (QED) is 0.316. The molecule has 1 spiro atoms. The zero-order chi connectivity index (χ0) is 25.4. The SMILES string of the molecule is CCOc1cc([C@@H]2[C@H](C)N[C@@]3(C(=O)Nc4ccccc43)[C@H]2[N+](=O)[O-])ccc1OCc1ccc(Br)cc1. The van der Waals surface area contributed by atoms with Crippen molar-refractivity contribution in [1.82, 2.24) is 5.32 Å². The summed E-state index contributed by atoms with van der Waals surface area (Å²) in [5, 5.41) is 18.7. The Morgan fingerprint density at radius 1 is 1.06 bits per heavy atom. The predicted molar refractivity (Wildman–Crippen MR) is 139 cm³/mol. The van der Waals surface area contributed by atoms with E-state index in [-0.39, 0.29) is 11.0 Å². The number of hydrogen-bond donors (Lipinski definition) is 2. The lowest BCUT2D eigenvalue weighted by Crippen LogP contribution is -2.54. The summed E-state index contributed by atoms with van der Waals surface area (Å²) < 4.78 is 12.9. The fourth-order valence-electron chi connectivity index (χ4n) is 5.41. The third-order valence-corrected chi connectivity index (χ3v) is 7.45. The van der Waals surface area contributed by atoms with Crippen LogP contribution >= 0.6 is 15.9 Å². The average molecular weight is 552 g/mol. The van der Waals surface area contributed by atoms with Gasteiger partial charge in [0.25, 0.3) is 11.9 Å². The van der Waals surface area contributed by atoms with E-state index in [9.17, 15) is 14.9 Å². The van der Waals surface area contributed by atoms with Crippen LogP contribution in [0.4, 0.5) is 5.69 Å². The number of benzene rings is 3. The van der Waals surface area contributed by atoms with Crippen LogP contribution in [0.5, 0.6) is 11.5 Å². The molecule has 2 heterocycles. The molecule has 0 saturated carbocycles. The van der Waals surface area contributed by atoms with Crippen molar-refractivity contribution in [3.63, 3.8) is 0 Å². The normalized spacial score (nSPS) is 24.4. The number of amides is 1. The number of nitrogens with one attached hydrogen (secondary N) is 2. The fourth-order valence-corrected chi connectivity index (χ4v) is 5.68. The highest BCUT2D eigenvalue weighted by molar-refractivity contribution is 9.10. The van der Waals surface area contributed by atoms with E-state index in [2.05, 4.69) is 26.6 Å². The van der Waals surface area contributed by atoms with E-state index in [0.29, 0.717) is 41.5 Å². The van der Waals surface area contributed by atoms with Crippen molar-refractivity contribution in [2.75, 3.05) is 11.9 Å². The lowest BCUT2D eigenvalue weighted by molar-refractivity contribution is -0.532. The Kier molecular flexibility index (Phi) is 6.44. The molecular weight excluding hydrogens is 526 g/mol. The molecule has 186 valence electrons. The van der Waals surface area contributed by atoms with E-state index in [4.69, 9.17) is 9.47 Å². The van der Waals surface area contributed by atoms with Crippen LogP contribution in [0.3, 0.4) is 0 Å². The first-order valence-electron chi connectivity index (χ1n) is 11.8. The zero-order valence-electron chi connectivity index (χ0n) is 19.9. The monoisotopic (exact) mass is 551 g/mol. The Bertz CT molecular complexity index is 1320. The number of para-hydroxylation sites is 1. The molecule has 2 aliphatic heterocycles. The van der Waals surface area contributed by atoms with Crippen molar-refractivity contribution in [2.24, 2.45) is 0 Å². The molecule has 36 heavy (non-hydrogen) atoms. The molecule has 1 fully saturated rings. The molecule has 3 aromatic carbocycles. The molecule has 1 amide bonds. The van der Waals surface area contributed by atoms with Gasteiger partial charge in [-0.2, -0.15) is 0 Å². The van der Waals surface area contributed by atoms with Gasteiger partial charge < -0.3 is 14.8 Å². The number of nitro groups is 1. The molecule has 9 heteroatoms. The van der Waals surface area contributed by atoms with E-state index in [1.807, 2.05) is 44.2 Å². The van der Waals surface area contributed by atoms with Gasteiger partial charge in [0.2, 0.25) is 0 Å². The topological polar surface area (TPSA) is 103 Å². The molecule has 0 aromatic heterocycles. The Balaban J connectivity index is 1.50. The average Bonchev–Trinajstić information content (AvgIpc) is 3.33. The maximum Gasteiger partial charge on any atom is 0.256 e. The van der Waals surface area contributed by atoms with Crippen molar-refractivity contribution < 1.29 is 19.2 Å². The van der Waals surface area contributed by atoms with E-state index < -0.39 is 23.4 Å². The first kappa shape index (κ1) is 24.3. The van der Waals surface area contributed by atoms with Gasteiger partial charge in [-0.15, -0.1) is 0 Å². The third kappa shape index (κ3) is 4.02. The molecule has 0 aliphatic carbocycles. The molecule has 0 bridgehead atoms. The van der Waals surface area contributed by atoms with Gasteiger partial charge in [-0.25, -0.2) is 0 Å². The second-order valence-corrected chi connectivity index (χ2v) is 9.97. The van der Waals surface area contributed by atoms with Crippen LogP contribution in [0.25, 0.3) is 0 Å². The molecule has 0 radical (unpaired) electrons. The smallest absolute Gasteiger partial charge is 0.256 e. The Morgan fingerprint density at radius 2 is 1.81 bits per heavy atom. The lowest BCUT2D eigenvalue weighted by atomic mass is 9.78. The number of ether oxygens (including phenoxy) is 2. The minimum Gasteiger partial charge on any atom is -0.490 e. The van der Waals surface area contributed by atoms with Crippen LogP contribution in [0.15, 0.2) is 71.2 Å². The number of anilines is 1. The summed E-state index contributed by atoms with van der Waals surface area (Å²) in [7, 11) is 0. The minimum atomic E-state index is -1.45. The number of fused-ring (bicyclic) bond motifs is 2. The lowest BCUT2D eigenvalue weighted by Gasteiger charge is -2.25. The van der Waals surface area contributed by atoms with Crippen LogP contribution < -0.4 is 20.1 Å². The van der Waals surface area contributed by atoms with Crippen molar-refractivity contribution >= 4 is 27.5 Å². The van der Waals surface area contributed by atoms with E-state index in [1.54, 1.807) is 36.4 Å². The maximum absolute atomic E-state index is 13.2. The van der Waals surface area contributed by atoms with E-state index in [0.717, 1.165) is 10.0 Å². The zero-order valence-corrected chi connectivity index (χ0v) is 21.4. The van der Waals surface area contributed by atoms with Crippen LogP contribution in [0, 0.1) is 10.1 Å². The van der Waals surface area contributed by atoms with Crippen molar-refractivity contribution in [2.45, 2.75) is 44.0 Å². The first-order valence-corrected chi connectivity index (χ1v) is 12.6. The van der Waals surface area contributed by atoms with Crippen LogP contribution in [-0.4, -0.2) is 29.5 Å². The molecule has 0 unspecified atom stereocenters. The Hall–Kier alpha value is -3.43. The Labute approximate surface area is 217 Å². The van der Waals surface area contributed by atoms with E-state index in [1.165, 1.54) is 0 Å². The number of hydrogen-bond acceptors (Lipinski definition) is 6. The number of carbonyl (C=O) groups excluding carboxylic acids is 1. The summed E-state index contributed by atoms with van der Waals surface area (Å²) in [6, 6.07) is 18.8. The van der Waals surface area contributed by atoms with Crippen molar-refractivity contribution in [3.8, 4) is 11.5 Å². The van der Waals surface area contributed by atoms with Gasteiger partial charge in [-0.3, -0.25) is 20.2 Å². The summed E-state index contributed by atoms with van der Waals surface area (Å²) in [4.78, 5) is 25.4. The highest BCUT2D eigenvalue weighted by Gasteiger charge is 2.67. The Morgan fingerprint density at radius 3 is 2.53 bits per heavy atom. The van der Waals surface area contributed by atoms with Gasteiger partial charge in [-0.05, 0) is 55.3 Å². The second-order valence-electron chi connectivity index (χ2n) is 9.05. The highest BCUT2D eigenvalue weighted by Crippen LogP contribution is 2.50. The molecule has 2 aliphatic rings. The van der Waals surface area contributed by atoms with E-state index >= 15 is 0 Å². The van der Waals surface area contributed by atoms with Gasteiger partial charge in [0.15, 0.2) is 17.0 Å². The predicted octanol–water partition coefficient (Wildman–Crippen LogP) is 5.00. The summed E-state index contributed by atoms with van der Waals surface area (Å²) in [6.07, 6.45) is 0. The van der Waals surface area contributed by atoms with Gasteiger partial charge >= 0.3 is 0 Å². The largest absolute Gasteiger partial charge is 0.490 e. The van der Waals surface area contributed by atoms with Crippen LogP contribution in [0.1, 0.15) is 36.5 Å². The molecule has 4 atom stereocenters. The molecular formula is C27H26BrN3O5. The highest BCUT2D eigenvalue weighted by atomic mass is 79.9. The molecule has 5 rings (SSSR count). The van der Waals surface area contributed by atoms with Gasteiger partial charge in [0.05, 0.1) is 12.5 Å². The molecule has 8 nitrogen and oxygen atoms in total. The number of rotatable bonds is 7. The van der Waals surface area contributed by atoms with Gasteiger partial charge in [0.1, 0.15) is 6.61 Å². The first-order chi connectivity index (χ1) is 17.3. The van der Waals surface area contributed by atoms with Gasteiger partial charge in [0, 0.05) is 26.7 Å². The summed E-state index contributed by atoms with van der Waals surface area (Å²) in [6.45, 7) is 4.52. The van der Waals surface area contributed by atoms with Crippen LogP contribution in [0.2, 0.25) is 0 Å². The molecule has 1 saturated heterocycles. The number of nitrogens with zero attached hydrogens (tertiary/aromatic N) is 1. The fraction of sp³-hybridized carbons (Fsp3) is 0.296. The third-order valence-electron chi connectivity index (χ3n) is 6.92.